The summed E-state index contributed by atoms with van der Waals surface area (Å²) in [6.45, 7) is 8.46. The van der Waals surface area contributed by atoms with E-state index in [0.717, 1.165) is 22.7 Å². The molecule has 0 aliphatic heterocycles. The van der Waals surface area contributed by atoms with Crippen LogP contribution in [0, 0.1) is 0 Å². The van der Waals surface area contributed by atoms with E-state index in [9.17, 15) is 0 Å². The number of hydrogen-bond acceptors (Lipinski definition) is 3. The number of para-hydroxylation sites is 2. The van der Waals surface area contributed by atoms with Crippen molar-refractivity contribution in [2.75, 3.05) is 0 Å². The van der Waals surface area contributed by atoms with Gasteiger partial charge in [-0.25, -0.2) is 4.99 Å². The molecule has 0 bridgehead atoms. The topological polar surface area (TPSA) is 50.3 Å². The van der Waals surface area contributed by atoms with Crippen LogP contribution in [0.1, 0.15) is 12.5 Å². The molecule has 5 heteroatoms. The average Bonchev–Trinajstić information content (AvgIpc) is 2.83. The normalized spacial score (nSPS) is 12.5. The summed E-state index contributed by atoms with van der Waals surface area (Å²) >= 11 is 0. The van der Waals surface area contributed by atoms with Gasteiger partial charge >= 0.3 is 0 Å². The van der Waals surface area contributed by atoms with Crippen LogP contribution in [-0.4, -0.2) is 24.2 Å². The molecule has 0 saturated heterocycles. The maximum absolute atomic E-state index is 6.06. The molecule has 0 amide bonds. The molecule has 1 aromatic carbocycles. The van der Waals surface area contributed by atoms with Gasteiger partial charge in [-0.3, -0.25) is 5.10 Å². The minimum Gasteiger partial charge on any atom is -0.543 e. The fourth-order valence-corrected chi connectivity index (χ4v) is 2.49. The van der Waals surface area contributed by atoms with Crippen LogP contribution in [0.2, 0.25) is 19.6 Å². The minimum absolute atomic E-state index is 0.851. The number of nitrogens with one attached hydrogen (secondary N) is 1. The molecular weight excluding hydrogens is 254 g/mol. The molecule has 0 aliphatic rings. The van der Waals surface area contributed by atoms with E-state index in [1.165, 1.54) is 0 Å². The fourth-order valence-electron chi connectivity index (χ4n) is 1.66. The molecule has 0 spiro atoms. The van der Waals surface area contributed by atoms with Crippen LogP contribution in [0.3, 0.4) is 0 Å². The number of aromatic nitrogens is 2. The zero-order valence-electron chi connectivity index (χ0n) is 11.8. The molecule has 1 heterocycles. The SMILES string of the molecule is CC(=Nc1ccccc1O[Si](C)(C)C)c1cn[nH]c1. The summed E-state index contributed by atoms with van der Waals surface area (Å²) in [4.78, 5) is 4.64. The number of aromatic amines is 1. The summed E-state index contributed by atoms with van der Waals surface area (Å²) < 4.78 is 6.06. The first kappa shape index (κ1) is 13.5. The minimum atomic E-state index is -1.63. The van der Waals surface area contributed by atoms with E-state index in [4.69, 9.17) is 4.43 Å². The smallest absolute Gasteiger partial charge is 0.242 e. The number of benzene rings is 1. The maximum Gasteiger partial charge on any atom is 0.242 e. The Labute approximate surface area is 114 Å². The second kappa shape index (κ2) is 5.40. The summed E-state index contributed by atoms with van der Waals surface area (Å²) in [5, 5.41) is 6.73. The summed E-state index contributed by atoms with van der Waals surface area (Å²) in [7, 11) is -1.63. The van der Waals surface area contributed by atoms with Gasteiger partial charge in [0.1, 0.15) is 11.4 Å². The lowest BCUT2D eigenvalue weighted by molar-refractivity contribution is 0.559. The Morgan fingerprint density at radius 3 is 2.63 bits per heavy atom. The molecule has 2 rings (SSSR count). The van der Waals surface area contributed by atoms with E-state index in [1.54, 1.807) is 6.20 Å². The number of hydrogen-bond donors (Lipinski definition) is 1. The van der Waals surface area contributed by atoms with Crippen molar-refractivity contribution in [3.8, 4) is 5.75 Å². The molecule has 0 aliphatic carbocycles. The lowest BCUT2D eigenvalue weighted by Gasteiger charge is -2.20. The molecule has 0 unspecified atom stereocenters. The van der Waals surface area contributed by atoms with E-state index in [2.05, 4.69) is 34.8 Å². The third kappa shape index (κ3) is 3.79. The highest BCUT2D eigenvalue weighted by Crippen LogP contribution is 2.29. The zero-order chi connectivity index (χ0) is 13.9. The van der Waals surface area contributed by atoms with Gasteiger partial charge in [-0.15, -0.1) is 0 Å². The number of rotatable bonds is 4. The van der Waals surface area contributed by atoms with E-state index in [-0.39, 0.29) is 0 Å². The van der Waals surface area contributed by atoms with Gasteiger partial charge in [-0.2, -0.15) is 5.10 Å². The van der Waals surface area contributed by atoms with Crippen molar-refractivity contribution >= 4 is 19.7 Å². The molecule has 0 atom stereocenters. The summed E-state index contributed by atoms with van der Waals surface area (Å²) in [6, 6.07) is 7.89. The summed E-state index contributed by atoms with van der Waals surface area (Å²) in [5.41, 5.74) is 2.77. The van der Waals surface area contributed by atoms with Crippen LogP contribution >= 0.6 is 0 Å². The van der Waals surface area contributed by atoms with Gasteiger partial charge in [0, 0.05) is 17.5 Å². The second-order valence-electron chi connectivity index (χ2n) is 5.37. The van der Waals surface area contributed by atoms with Crippen LogP contribution < -0.4 is 4.43 Å². The Morgan fingerprint density at radius 1 is 1.26 bits per heavy atom. The van der Waals surface area contributed by atoms with Crippen molar-refractivity contribution in [2.24, 2.45) is 4.99 Å². The van der Waals surface area contributed by atoms with Gasteiger partial charge in [0.05, 0.1) is 6.20 Å². The average molecular weight is 273 g/mol. The Bertz CT molecular complexity index is 571. The van der Waals surface area contributed by atoms with E-state index >= 15 is 0 Å². The van der Waals surface area contributed by atoms with Gasteiger partial charge in [0.2, 0.25) is 8.32 Å². The van der Waals surface area contributed by atoms with Crippen LogP contribution in [0.25, 0.3) is 0 Å². The van der Waals surface area contributed by atoms with Gasteiger partial charge in [-0.05, 0) is 38.7 Å². The molecule has 0 radical (unpaired) electrons. The lowest BCUT2D eigenvalue weighted by Crippen LogP contribution is -2.29. The van der Waals surface area contributed by atoms with Crippen molar-refractivity contribution in [2.45, 2.75) is 26.6 Å². The molecular formula is C14H19N3OSi. The van der Waals surface area contributed by atoms with Crippen LogP contribution in [0.4, 0.5) is 5.69 Å². The molecule has 1 N–H and O–H groups in total. The predicted octanol–water partition coefficient (Wildman–Crippen LogP) is 3.76. The Kier molecular flexibility index (Phi) is 3.85. The molecule has 100 valence electrons. The quantitative estimate of drug-likeness (QED) is 0.681. The first-order valence-corrected chi connectivity index (χ1v) is 9.69. The number of H-pyrrole nitrogens is 1. The highest BCUT2D eigenvalue weighted by Gasteiger charge is 2.18. The highest BCUT2D eigenvalue weighted by atomic mass is 28.4. The first-order chi connectivity index (χ1) is 8.96. The third-order valence-corrected chi connectivity index (χ3v) is 3.32. The maximum atomic E-state index is 6.06. The predicted molar refractivity (Wildman–Crippen MR) is 80.9 cm³/mol. The molecule has 0 fully saturated rings. The Morgan fingerprint density at radius 2 is 2.00 bits per heavy atom. The Hall–Kier alpha value is -1.88. The van der Waals surface area contributed by atoms with Crippen LogP contribution in [0.5, 0.6) is 5.75 Å². The van der Waals surface area contributed by atoms with Crippen molar-refractivity contribution in [1.82, 2.24) is 10.2 Å². The van der Waals surface area contributed by atoms with Crippen LogP contribution in [0.15, 0.2) is 41.7 Å². The van der Waals surface area contributed by atoms with Crippen molar-refractivity contribution in [3.63, 3.8) is 0 Å². The van der Waals surface area contributed by atoms with Crippen LogP contribution in [-0.2, 0) is 0 Å². The fraction of sp³-hybridized carbons (Fsp3) is 0.286. The molecule has 1 aromatic heterocycles. The third-order valence-electron chi connectivity index (χ3n) is 2.49. The number of nitrogens with zero attached hydrogens (tertiary/aromatic N) is 2. The lowest BCUT2D eigenvalue weighted by atomic mass is 10.2. The monoisotopic (exact) mass is 273 g/mol. The summed E-state index contributed by atoms with van der Waals surface area (Å²) in [5.74, 6) is 0.851. The first-order valence-electron chi connectivity index (χ1n) is 6.28. The van der Waals surface area contributed by atoms with Crippen molar-refractivity contribution in [3.05, 3.63) is 42.2 Å². The largest absolute Gasteiger partial charge is 0.543 e. The molecule has 2 aromatic rings. The molecule has 19 heavy (non-hydrogen) atoms. The van der Waals surface area contributed by atoms with Gasteiger partial charge in [0.15, 0.2) is 0 Å². The standard InChI is InChI=1S/C14H19N3OSi/c1-11(12-9-15-16-10-12)17-13-7-5-6-8-14(13)18-19(2,3)4/h5-10H,1-4H3,(H,15,16). The van der Waals surface area contributed by atoms with Crippen molar-refractivity contribution < 1.29 is 4.43 Å². The highest BCUT2D eigenvalue weighted by molar-refractivity contribution is 6.70. The molecule has 4 nitrogen and oxygen atoms in total. The summed E-state index contributed by atoms with van der Waals surface area (Å²) in [6.07, 6.45) is 3.60. The Balaban J connectivity index is 2.33. The number of aliphatic imine (C=N–C) groups is 1. The van der Waals surface area contributed by atoms with Gasteiger partial charge < -0.3 is 4.43 Å². The zero-order valence-corrected chi connectivity index (χ0v) is 12.8. The van der Waals surface area contributed by atoms with E-state index in [1.807, 2.05) is 37.4 Å². The van der Waals surface area contributed by atoms with Gasteiger partial charge in [0.25, 0.3) is 0 Å². The van der Waals surface area contributed by atoms with E-state index < -0.39 is 8.32 Å². The molecule has 0 saturated carbocycles. The van der Waals surface area contributed by atoms with Gasteiger partial charge in [-0.1, -0.05) is 12.1 Å². The second-order valence-corrected chi connectivity index (χ2v) is 9.80. The van der Waals surface area contributed by atoms with Crippen molar-refractivity contribution in [1.29, 1.82) is 0 Å². The van der Waals surface area contributed by atoms with E-state index in [0.29, 0.717) is 0 Å².